The van der Waals surface area contributed by atoms with Crippen LogP contribution in [0.15, 0.2) is 0 Å². The molecule has 0 radical (unpaired) electrons. The second-order valence-corrected chi connectivity index (χ2v) is 5.10. The number of amides is 1. The first-order chi connectivity index (χ1) is 8.22. The Morgan fingerprint density at radius 3 is 2.06 bits per heavy atom. The van der Waals surface area contributed by atoms with Crippen molar-refractivity contribution in [3.63, 3.8) is 0 Å². The topological polar surface area (TPSA) is 46.6 Å². The van der Waals surface area contributed by atoms with Gasteiger partial charge in [-0.1, -0.05) is 0 Å². The molecular formula is C13H21NO3. The lowest BCUT2D eigenvalue weighted by atomic mass is 9.81. The monoisotopic (exact) mass is 239 g/mol. The summed E-state index contributed by atoms with van der Waals surface area (Å²) in [5, 5.41) is 0. The van der Waals surface area contributed by atoms with Crippen molar-refractivity contribution in [2.75, 3.05) is 20.2 Å². The quantitative estimate of drug-likeness (QED) is 0.687. The van der Waals surface area contributed by atoms with Crippen molar-refractivity contribution in [2.45, 2.75) is 38.5 Å². The average Bonchev–Trinajstić information content (AvgIpc) is 2.91. The summed E-state index contributed by atoms with van der Waals surface area (Å²) in [6.45, 7) is 1.85. The zero-order valence-electron chi connectivity index (χ0n) is 10.5. The van der Waals surface area contributed by atoms with Gasteiger partial charge in [-0.25, -0.2) is 0 Å². The Kier molecular flexibility index (Phi) is 4.02. The first-order valence-electron chi connectivity index (χ1n) is 6.59. The van der Waals surface area contributed by atoms with Crippen molar-refractivity contribution in [2.24, 2.45) is 11.8 Å². The Morgan fingerprint density at radius 2 is 1.53 bits per heavy atom. The molecule has 0 atom stereocenters. The minimum Gasteiger partial charge on any atom is -0.469 e. The number of methoxy groups -OCH3 is 1. The molecule has 0 bridgehead atoms. The number of ether oxygens (including phenoxy) is 1. The minimum absolute atomic E-state index is 0.0163. The highest BCUT2D eigenvalue weighted by Gasteiger charge is 2.33. The van der Waals surface area contributed by atoms with Gasteiger partial charge < -0.3 is 9.64 Å². The molecule has 96 valence electrons. The van der Waals surface area contributed by atoms with Crippen molar-refractivity contribution in [3.05, 3.63) is 0 Å². The summed E-state index contributed by atoms with van der Waals surface area (Å²) < 4.78 is 4.75. The van der Waals surface area contributed by atoms with Gasteiger partial charge in [-0.3, -0.25) is 9.59 Å². The molecule has 0 aromatic heterocycles. The van der Waals surface area contributed by atoms with Crippen LogP contribution in [0.5, 0.6) is 0 Å². The second kappa shape index (κ2) is 5.52. The normalized spacial score (nSPS) is 29.1. The number of carbonyl (C=O) groups excluding carboxylic acids is 2. The molecule has 17 heavy (non-hydrogen) atoms. The van der Waals surface area contributed by atoms with E-state index >= 15 is 0 Å². The number of hydrogen-bond donors (Lipinski definition) is 0. The Labute approximate surface area is 102 Å². The molecule has 0 aromatic rings. The van der Waals surface area contributed by atoms with Crippen LogP contribution in [0.1, 0.15) is 38.5 Å². The van der Waals surface area contributed by atoms with Crippen molar-refractivity contribution in [3.8, 4) is 0 Å². The summed E-state index contributed by atoms with van der Waals surface area (Å²) in [4.78, 5) is 25.5. The molecule has 1 aliphatic heterocycles. The maximum absolute atomic E-state index is 12.2. The SMILES string of the molecule is COC(=O)[C@H]1CC[C@H](C(=O)N2CCCC2)CC1. The van der Waals surface area contributed by atoms with Crippen LogP contribution in [-0.4, -0.2) is 37.0 Å². The molecule has 1 amide bonds. The van der Waals surface area contributed by atoms with Crippen molar-refractivity contribution < 1.29 is 14.3 Å². The second-order valence-electron chi connectivity index (χ2n) is 5.10. The molecule has 2 rings (SSSR count). The van der Waals surface area contributed by atoms with Gasteiger partial charge in [0.05, 0.1) is 13.0 Å². The Bertz CT molecular complexity index is 289. The van der Waals surface area contributed by atoms with Gasteiger partial charge in [0.1, 0.15) is 0 Å². The largest absolute Gasteiger partial charge is 0.469 e. The van der Waals surface area contributed by atoms with Crippen LogP contribution in [0.2, 0.25) is 0 Å². The van der Waals surface area contributed by atoms with E-state index in [9.17, 15) is 9.59 Å². The lowest BCUT2D eigenvalue weighted by molar-refractivity contribution is -0.148. The van der Waals surface area contributed by atoms with E-state index in [0.717, 1.165) is 51.6 Å². The molecule has 0 unspecified atom stereocenters. The summed E-state index contributed by atoms with van der Waals surface area (Å²) in [5.74, 6) is 0.361. The van der Waals surface area contributed by atoms with E-state index < -0.39 is 0 Å². The van der Waals surface area contributed by atoms with Gasteiger partial charge in [-0.05, 0) is 38.5 Å². The molecule has 0 N–H and O–H groups in total. The van der Waals surface area contributed by atoms with E-state index in [2.05, 4.69) is 0 Å². The lowest BCUT2D eigenvalue weighted by Gasteiger charge is -2.29. The first-order valence-corrected chi connectivity index (χ1v) is 6.59. The molecule has 1 saturated carbocycles. The Hall–Kier alpha value is -1.06. The van der Waals surface area contributed by atoms with E-state index in [0.29, 0.717) is 5.91 Å². The van der Waals surface area contributed by atoms with Crippen molar-refractivity contribution >= 4 is 11.9 Å². The van der Waals surface area contributed by atoms with E-state index in [1.54, 1.807) is 0 Å². The lowest BCUT2D eigenvalue weighted by Crippen LogP contribution is -2.36. The van der Waals surface area contributed by atoms with E-state index in [4.69, 9.17) is 4.74 Å². The number of carbonyl (C=O) groups is 2. The maximum atomic E-state index is 12.2. The molecule has 0 aromatic carbocycles. The van der Waals surface area contributed by atoms with Gasteiger partial charge in [-0.2, -0.15) is 0 Å². The zero-order valence-corrected chi connectivity index (χ0v) is 10.5. The third-order valence-corrected chi connectivity index (χ3v) is 4.03. The molecule has 0 spiro atoms. The van der Waals surface area contributed by atoms with E-state index in [1.165, 1.54) is 7.11 Å². The average molecular weight is 239 g/mol. The highest BCUT2D eigenvalue weighted by Crippen LogP contribution is 2.31. The van der Waals surface area contributed by atoms with Gasteiger partial charge >= 0.3 is 5.97 Å². The number of likely N-dealkylation sites (tertiary alicyclic amines) is 1. The molecular weight excluding hydrogens is 218 g/mol. The van der Waals surface area contributed by atoms with Crippen LogP contribution in [0.25, 0.3) is 0 Å². The number of nitrogens with zero attached hydrogens (tertiary/aromatic N) is 1. The molecule has 1 aliphatic carbocycles. The Balaban J connectivity index is 1.82. The zero-order chi connectivity index (χ0) is 12.3. The van der Waals surface area contributed by atoms with Crippen LogP contribution in [0.3, 0.4) is 0 Å². The fourth-order valence-corrected chi connectivity index (χ4v) is 2.94. The maximum Gasteiger partial charge on any atom is 0.308 e. The third kappa shape index (κ3) is 2.79. The molecule has 1 heterocycles. The highest BCUT2D eigenvalue weighted by molar-refractivity contribution is 5.79. The number of esters is 1. The Morgan fingerprint density at radius 1 is 1.00 bits per heavy atom. The fraction of sp³-hybridized carbons (Fsp3) is 0.846. The van der Waals surface area contributed by atoms with Crippen LogP contribution < -0.4 is 0 Å². The van der Waals surface area contributed by atoms with Crippen LogP contribution in [0, 0.1) is 11.8 Å². The summed E-state index contributed by atoms with van der Waals surface area (Å²) >= 11 is 0. The molecule has 4 heteroatoms. The summed E-state index contributed by atoms with van der Waals surface area (Å²) in [5.41, 5.74) is 0. The first kappa shape index (κ1) is 12.4. The van der Waals surface area contributed by atoms with Gasteiger partial charge in [0.25, 0.3) is 0 Å². The van der Waals surface area contributed by atoms with Crippen molar-refractivity contribution in [1.82, 2.24) is 4.90 Å². The van der Waals surface area contributed by atoms with Gasteiger partial charge in [0, 0.05) is 19.0 Å². The summed E-state index contributed by atoms with van der Waals surface area (Å²) in [6, 6.07) is 0. The van der Waals surface area contributed by atoms with Crippen LogP contribution in [-0.2, 0) is 14.3 Å². The smallest absolute Gasteiger partial charge is 0.308 e. The molecule has 2 fully saturated rings. The number of hydrogen-bond acceptors (Lipinski definition) is 3. The van der Waals surface area contributed by atoms with E-state index in [-0.39, 0.29) is 17.8 Å². The highest BCUT2D eigenvalue weighted by atomic mass is 16.5. The molecule has 4 nitrogen and oxygen atoms in total. The standard InChI is InChI=1S/C13H21NO3/c1-17-13(16)11-6-4-10(5-7-11)12(15)14-8-2-3-9-14/h10-11H,2-9H2,1H3/t10-,11-. The van der Waals surface area contributed by atoms with E-state index in [1.807, 2.05) is 4.90 Å². The molecule has 1 saturated heterocycles. The van der Waals surface area contributed by atoms with Crippen LogP contribution >= 0.6 is 0 Å². The fourth-order valence-electron chi connectivity index (χ4n) is 2.94. The van der Waals surface area contributed by atoms with Gasteiger partial charge in [-0.15, -0.1) is 0 Å². The summed E-state index contributed by atoms with van der Waals surface area (Å²) in [7, 11) is 1.43. The molecule has 2 aliphatic rings. The van der Waals surface area contributed by atoms with Gasteiger partial charge in [0.15, 0.2) is 0 Å². The van der Waals surface area contributed by atoms with Crippen molar-refractivity contribution in [1.29, 1.82) is 0 Å². The predicted molar refractivity (Wildman–Crippen MR) is 63.3 cm³/mol. The van der Waals surface area contributed by atoms with Gasteiger partial charge in [0.2, 0.25) is 5.91 Å². The third-order valence-electron chi connectivity index (χ3n) is 4.03. The summed E-state index contributed by atoms with van der Waals surface area (Å²) in [6.07, 6.45) is 5.57. The van der Waals surface area contributed by atoms with Crippen LogP contribution in [0.4, 0.5) is 0 Å². The minimum atomic E-state index is -0.114. The number of rotatable bonds is 2. The predicted octanol–water partition coefficient (Wildman–Crippen LogP) is 1.59.